The first-order valence-corrected chi connectivity index (χ1v) is 8.16. The van der Waals surface area contributed by atoms with Gasteiger partial charge in [0.1, 0.15) is 0 Å². The van der Waals surface area contributed by atoms with E-state index in [2.05, 4.69) is 14.9 Å². The van der Waals surface area contributed by atoms with Gasteiger partial charge in [0, 0.05) is 32.7 Å². The molecule has 0 aromatic heterocycles. The number of piperazine rings is 1. The van der Waals surface area contributed by atoms with E-state index in [1.165, 1.54) is 0 Å². The standard InChI is InChI=1S/C11H24N4O2S.2ClH/c1-14-6-8-15(9-7-14)18(16,17)13-10-11-2-4-12-5-3-11;;/h11-13H,2-10H2,1H3;2*1H. The molecule has 6 nitrogen and oxygen atoms in total. The van der Waals surface area contributed by atoms with Crippen molar-refractivity contribution in [3.8, 4) is 0 Å². The molecule has 122 valence electrons. The first-order chi connectivity index (χ1) is 8.58. The Morgan fingerprint density at radius 3 is 2.20 bits per heavy atom. The summed E-state index contributed by atoms with van der Waals surface area (Å²) < 4.78 is 28.6. The van der Waals surface area contributed by atoms with Crippen LogP contribution in [0.3, 0.4) is 0 Å². The van der Waals surface area contributed by atoms with Crippen molar-refractivity contribution in [2.45, 2.75) is 12.8 Å². The van der Waals surface area contributed by atoms with E-state index in [1.54, 1.807) is 4.31 Å². The van der Waals surface area contributed by atoms with Crippen molar-refractivity contribution in [3.05, 3.63) is 0 Å². The lowest BCUT2D eigenvalue weighted by molar-refractivity contribution is 0.220. The molecule has 0 spiro atoms. The summed E-state index contributed by atoms with van der Waals surface area (Å²) in [4.78, 5) is 2.15. The summed E-state index contributed by atoms with van der Waals surface area (Å²) in [7, 11) is -1.25. The van der Waals surface area contributed by atoms with Crippen molar-refractivity contribution in [1.82, 2.24) is 19.2 Å². The second-order valence-corrected chi connectivity index (χ2v) is 7.00. The molecule has 2 aliphatic rings. The van der Waals surface area contributed by atoms with Crippen LogP contribution in [-0.2, 0) is 10.2 Å². The fraction of sp³-hybridized carbons (Fsp3) is 1.00. The van der Waals surface area contributed by atoms with Gasteiger partial charge >= 0.3 is 0 Å². The largest absolute Gasteiger partial charge is 0.317 e. The molecular weight excluding hydrogens is 323 g/mol. The van der Waals surface area contributed by atoms with Gasteiger partial charge < -0.3 is 10.2 Å². The molecule has 2 N–H and O–H groups in total. The molecular formula is C11H26Cl2N4O2S. The highest BCUT2D eigenvalue weighted by Crippen LogP contribution is 2.11. The molecule has 0 amide bonds. The van der Waals surface area contributed by atoms with Gasteiger partial charge in [-0.3, -0.25) is 0 Å². The molecule has 0 atom stereocenters. The molecule has 2 saturated heterocycles. The van der Waals surface area contributed by atoms with Crippen LogP contribution in [-0.4, -0.2) is 70.5 Å². The van der Waals surface area contributed by atoms with Crippen LogP contribution in [0, 0.1) is 5.92 Å². The van der Waals surface area contributed by atoms with E-state index in [0.717, 1.165) is 39.0 Å². The highest BCUT2D eigenvalue weighted by molar-refractivity contribution is 7.87. The first-order valence-electron chi connectivity index (χ1n) is 6.72. The van der Waals surface area contributed by atoms with E-state index < -0.39 is 10.2 Å². The minimum atomic E-state index is -3.27. The Balaban J connectivity index is 0.00000180. The van der Waals surface area contributed by atoms with Crippen LogP contribution >= 0.6 is 24.8 Å². The molecule has 0 aliphatic carbocycles. The summed E-state index contributed by atoms with van der Waals surface area (Å²) in [5.74, 6) is 0.480. The Morgan fingerprint density at radius 1 is 1.10 bits per heavy atom. The molecule has 2 rings (SSSR count). The number of nitrogens with one attached hydrogen (secondary N) is 2. The fourth-order valence-corrected chi connectivity index (χ4v) is 3.70. The molecule has 0 aromatic carbocycles. The lowest BCUT2D eigenvalue weighted by Crippen LogP contribution is -2.51. The summed E-state index contributed by atoms with van der Waals surface area (Å²) >= 11 is 0. The van der Waals surface area contributed by atoms with Gasteiger partial charge in [0.15, 0.2) is 0 Å². The van der Waals surface area contributed by atoms with Crippen molar-refractivity contribution >= 4 is 35.0 Å². The second kappa shape index (κ2) is 9.40. The van der Waals surface area contributed by atoms with E-state index in [-0.39, 0.29) is 24.8 Å². The Bertz CT molecular complexity index is 355. The number of halogens is 2. The minimum Gasteiger partial charge on any atom is -0.317 e. The van der Waals surface area contributed by atoms with E-state index >= 15 is 0 Å². The predicted molar refractivity (Wildman–Crippen MR) is 86.1 cm³/mol. The molecule has 9 heteroatoms. The molecule has 0 radical (unpaired) electrons. The highest BCUT2D eigenvalue weighted by atomic mass is 35.5. The van der Waals surface area contributed by atoms with E-state index in [0.29, 0.717) is 25.6 Å². The van der Waals surface area contributed by atoms with Gasteiger partial charge in [-0.15, -0.1) is 24.8 Å². The van der Waals surface area contributed by atoms with E-state index in [4.69, 9.17) is 0 Å². The molecule has 2 fully saturated rings. The zero-order chi connectivity index (χ0) is 13.0. The third-order valence-corrected chi connectivity index (χ3v) is 5.39. The molecule has 0 aromatic rings. The van der Waals surface area contributed by atoms with Crippen LogP contribution in [0.25, 0.3) is 0 Å². The van der Waals surface area contributed by atoms with Crippen LogP contribution in [0.4, 0.5) is 0 Å². The molecule has 20 heavy (non-hydrogen) atoms. The highest BCUT2D eigenvalue weighted by Gasteiger charge is 2.26. The molecule has 2 aliphatic heterocycles. The lowest BCUT2D eigenvalue weighted by Gasteiger charge is -2.32. The Labute approximate surface area is 134 Å². The normalized spacial score (nSPS) is 22.9. The SMILES string of the molecule is CN1CCN(S(=O)(=O)NCC2CCNCC2)CC1.Cl.Cl. The molecule has 0 saturated carbocycles. The number of nitrogens with zero attached hydrogens (tertiary/aromatic N) is 2. The summed E-state index contributed by atoms with van der Waals surface area (Å²) in [6, 6.07) is 0. The number of hydrogen-bond acceptors (Lipinski definition) is 4. The summed E-state index contributed by atoms with van der Waals surface area (Å²) in [5.41, 5.74) is 0. The Kier molecular flexibility index (Phi) is 9.57. The average molecular weight is 349 g/mol. The van der Waals surface area contributed by atoms with Crippen molar-refractivity contribution in [2.75, 3.05) is 52.9 Å². The van der Waals surface area contributed by atoms with Crippen LogP contribution in [0.1, 0.15) is 12.8 Å². The first kappa shape index (κ1) is 20.4. The summed E-state index contributed by atoms with van der Waals surface area (Å²) in [6.45, 7) is 5.40. The average Bonchev–Trinajstić information content (AvgIpc) is 2.38. The maximum absolute atomic E-state index is 12.1. The zero-order valence-corrected chi connectivity index (χ0v) is 14.3. The zero-order valence-electron chi connectivity index (χ0n) is 11.9. The van der Waals surface area contributed by atoms with E-state index in [1.807, 2.05) is 7.05 Å². The van der Waals surface area contributed by atoms with Gasteiger partial charge in [-0.1, -0.05) is 0 Å². The van der Waals surface area contributed by atoms with Crippen molar-refractivity contribution in [3.63, 3.8) is 0 Å². The molecule has 2 heterocycles. The fourth-order valence-electron chi connectivity index (χ4n) is 2.43. The topological polar surface area (TPSA) is 64.7 Å². The number of likely N-dealkylation sites (N-methyl/N-ethyl adjacent to an activating group) is 1. The minimum absolute atomic E-state index is 0. The number of rotatable bonds is 4. The number of hydrogen-bond donors (Lipinski definition) is 2. The second-order valence-electron chi connectivity index (χ2n) is 5.25. The van der Waals surface area contributed by atoms with Gasteiger partial charge in [-0.05, 0) is 38.9 Å². The summed E-state index contributed by atoms with van der Waals surface area (Å²) in [6.07, 6.45) is 2.12. The van der Waals surface area contributed by atoms with Gasteiger partial charge in [0.05, 0.1) is 0 Å². The van der Waals surface area contributed by atoms with Crippen LogP contribution in [0.5, 0.6) is 0 Å². The smallest absolute Gasteiger partial charge is 0.279 e. The maximum Gasteiger partial charge on any atom is 0.279 e. The third-order valence-electron chi connectivity index (χ3n) is 3.82. The lowest BCUT2D eigenvalue weighted by atomic mass is 9.99. The Morgan fingerprint density at radius 2 is 1.65 bits per heavy atom. The monoisotopic (exact) mass is 348 g/mol. The van der Waals surface area contributed by atoms with Crippen molar-refractivity contribution < 1.29 is 8.42 Å². The predicted octanol–water partition coefficient (Wildman–Crippen LogP) is -0.0886. The van der Waals surface area contributed by atoms with Crippen molar-refractivity contribution in [1.29, 1.82) is 0 Å². The quantitative estimate of drug-likeness (QED) is 0.745. The van der Waals surface area contributed by atoms with Gasteiger partial charge in [0.2, 0.25) is 0 Å². The van der Waals surface area contributed by atoms with Gasteiger partial charge in [0.25, 0.3) is 10.2 Å². The molecule has 0 bridgehead atoms. The number of piperidine rings is 1. The Hall–Kier alpha value is 0.370. The van der Waals surface area contributed by atoms with Gasteiger partial charge in [-0.2, -0.15) is 12.7 Å². The van der Waals surface area contributed by atoms with Crippen LogP contribution in [0.2, 0.25) is 0 Å². The van der Waals surface area contributed by atoms with Crippen LogP contribution < -0.4 is 10.0 Å². The summed E-state index contributed by atoms with van der Waals surface area (Å²) in [5, 5.41) is 3.29. The molecule has 0 unspecified atom stereocenters. The van der Waals surface area contributed by atoms with E-state index in [9.17, 15) is 8.42 Å². The van der Waals surface area contributed by atoms with Crippen LogP contribution in [0.15, 0.2) is 0 Å². The maximum atomic E-state index is 12.1. The van der Waals surface area contributed by atoms with Gasteiger partial charge in [-0.25, -0.2) is 4.72 Å². The third kappa shape index (κ3) is 6.01. The van der Waals surface area contributed by atoms with Crippen molar-refractivity contribution in [2.24, 2.45) is 5.92 Å².